The molecular weight excluding hydrogens is 484 g/mol. The number of nitrogens with zero attached hydrogens (tertiary/aromatic N) is 4. The fraction of sp³-hybridized carbons (Fsp3) is 0.208. The van der Waals surface area contributed by atoms with Gasteiger partial charge < -0.3 is 18.6 Å². The van der Waals surface area contributed by atoms with Crippen LogP contribution in [0.4, 0.5) is 17.6 Å². The van der Waals surface area contributed by atoms with Crippen LogP contribution in [-0.4, -0.2) is 32.9 Å². The zero-order valence-electron chi connectivity index (χ0n) is 18.7. The van der Waals surface area contributed by atoms with Crippen molar-refractivity contribution in [1.82, 2.24) is 20.0 Å². The number of hydrogen-bond donors (Lipinski definition) is 0. The van der Waals surface area contributed by atoms with Crippen LogP contribution in [0.15, 0.2) is 65.5 Å². The third-order valence-electron chi connectivity index (χ3n) is 4.71. The van der Waals surface area contributed by atoms with Gasteiger partial charge in [0.2, 0.25) is 5.89 Å². The summed E-state index contributed by atoms with van der Waals surface area (Å²) in [6.07, 6.45) is 3.11. The van der Waals surface area contributed by atoms with Crippen molar-refractivity contribution < 1.29 is 36.2 Å². The maximum Gasteiger partial charge on any atom is 0.573 e. The van der Waals surface area contributed by atoms with Gasteiger partial charge in [-0.15, -0.1) is 18.3 Å². The van der Waals surface area contributed by atoms with Crippen molar-refractivity contribution in [3.8, 4) is 11.5 Å². The highest BCUT2D eigenvalue weighted by Gasteiger charge is 2.30. The SMILES string of the molecule is Fc1cc(OCc2coc(C=Cc3ccc(OC(F)(F)F)cc3)n2)ccc1COCCn1ccnn1. The molecule has 2 aromatic heterocycles. The Morgan fingerprint density at radius 2 is 1.81 bits per heavy atom. The normalized spacial score (nSPS) is 11.8. The molecule has 0 spiro atoms. The van der Waals surface area contributed by atoms with Crippen LogP contribution in [0.25, 0.3) is 12.2 Å². The van der Waals surface area contributed by atoms with Crippen LogP contribution in [0.2, 0.25) is 0 Å². The first-order chi connectivity index (χ1) is 17.3. The van der Waals surface area contributed by atoms with Gasteiger partial charge in [0, 0.05) is 23.9 Å². The highest BCUT2D eigenvalue weighted by Crippen LogP contribution is 2.23. The van der Waals surface area contributed by atoms with E-state index in [2.05, 4.69) is 20.0 Å². The number of oxazole rings is 1. The van der Waals surface area contributed by atoms with E-state index in [9.17, 15) is 17.6 Å². The zero-order chi connectivity index (χ0) is 25.4. The van der Waals surface area contributed by atoms with E-state index in [1.807, 2.05) is 0 Å². The first-order valence-electron chi connectivity index (χ1n) is 10.7. The van der Waals surface area contributed by atoms with Crippen LogP contribution >= 0.6 is 0 Å². The van der Waals surface area contributed by atoms with Crippen LogP contribution in [0.5, 0.6) is 11.5 Å². The van der Waals surface area contributed by atoms with Gasteiger partial charge >= 0.3 is 6.36 Å². The summed E-state index contributed by atoms with van der Waals surface area (Å²) in [7, 11) is 0. The summed E-state index contributed by atoms with van der Waals surface area (Å²) in [5.74, 6) is -0.173. The summed E-state index contributed by atoms with van der Waals surface area (Å²) in [6.45, 7) is 1.04. The minimum absolute atomic E-state index is 0.0496. The van der Waals surface area contributed by atoms with Crippen LogP contribution in [0.3, 0.4) is 0 Å². The average molecular weight is 504 g/mol. The third-order valence-corrected chi connectivity index (χ3v) is 4.71. The van der Waals surface area contributed by atoms with Gasteiger partial charge in [-0.1, -0.05) is 23.4 Å². The van der Waals surface area contributed by atoms with Crippen molar-refractivity contribution in [1.29, 1.82) is 0 Å². The van der Waals surface area contributed by atoms with E-state index in [-0.39, 0.29) is 24.9 Å². The lowest BCUT2D eigenvalue weighted by Gasteiger charge is -2.08. The van der Waals surface area contributed by atoms with E-state index in [0.717, 1.165) is 0 Å². The number of aromatic nitrogens is 4. The quantitative estimate of drug-likeness (QED) is 0.203. The van der Waals surface area contributed by atoms with E-state index in [0.29, 0.717) is 35.7 Å². The molecule has 188 valence electrons. The van der Waals surface area contributed by atoms with Crippen LogP contribution < -0.4 is 9.47 Å². The van der Waals surface area contributed by atoms with E-state index >= 15 is 0 Å². The summed E-state index contributed by atoms with van der Waals surface area (Å²) in [6, 6.07) is 9.82. The van der Waals surface area contributed by atoms with Crippen molar-refractivity contribution in [3.05, 3.63) is 89.7 Å². The van der Waals surface area contributed by atoms with Crippen molar-refractivity contribution in [2.75, 3.05) is 6.61 Å². The maximum atomic E-state index is 14.4. The lowest BCUT2D eigenvalue weighted by atomic mass is 10.2. The minimum Gasteiger partial charge on any atom is -0.487 e. The Morgan fingerprint density at radius 3 is 2.53 bits per heavy atom. The lowest BCUT2D eigenvalue weighted by molar-refractivity contribution is -0.274. The second-order valence-corrected chi connectivity index (χ2v) is 7.39. The van der Waals surface area contributed by atoms with Gasteiger partial charge in [-0.05, 0) is 29.8 Å². The molecule has 0 fully saturated rings. The van der Waals surface area contributed by atoms with Crippen LogP contribution in [-0.2, 0) is 24.5 Å². The highest BCUT2D eigenvalue weighted by molar-refractivity contribution is 5.66. The lowest BCUT2D eigenvalue weighted by Crippen LogP contribution is -2.16. The first kappa shape index (κ1) is 24.9. The number of hydrogen-bond acceptors (Lipinski definition) is 7. The molecule has 12 heteroatoms. The number of ether oxygens (including phenoxy) is 3. The smallest absolute Gasteiger partial charge is 0.487 e. The maximum absolute atomic E-state index is 14.4. The molecule has 4 aromatic rings. The molecule has 0 saturated heterocycles. The van der Waals surface area contributed by atoms with Gasteiger partial charge in [0.15, 0.2) is 0 Å². The highest BCUT2D eigenvalue weighted by atomic mass is 19.4. The molecule has 0 amide bonds. The molecule has 2 heterocycles. The summed E-state index contributed by atoms with van der Waals surface area (Å²) in [5.41, 5.74) is 1.50. The van der Waals surface area contributed by atoms with Crippen molar-refractivity contribution in [2.45, 2.75) is 26.1 Å². The third kappa shape index (κ3) is 7.67. The molecule has 36 heavy (non-hydrogen) atoms. The zero-order valence-corrected chi connectivity index (χ0v) is 18.7. The van der Waals surface area contributed by atoms with Gasteiger partial charge in [0.1, 0.15) is 35.9 Å². The summed E-state index contributed by atoms with van der Waals surface area (Å²) in [4.78, 5) is 4.24. The fourth-order valence-corrected chi connectivity index (χ4v) is 3.00. The Labute approximate surface area is 202 Å². The summed E-state index contributed by atoms with van der Waals surface area (Å²) >= 11 is 0. The molecule has 0 radical (unpaired) electrons. The van der Waals surface area contributed by atoms with Crippen LogP contribution in [0, 0.1) is 5.82 Å². The number of halogens is 4. The molecule has 0 aliphatic rings. The summed E-state index contributed by atoms with van der Waals surface area (Å²) in [5, 5.41) is 7.51. The van der Waals surface area contributed by atoms with Crippen LogP contribution in [0.1, 0.15) is 22.7 Å². The van der Waals surface area contributed by atoms with Gasteiger partial charge in [0.25, 0.3) is 0 Å². The first-order valence-corrected chi connectivity index (χ1v) is 10.7. The number of alkyl halides is 3. The van der Waals surface area contributed by atoms with Gasteiger partial charge in [-0.25, -0.2) is 9.37 Å². The molecular formula is C24H20F4N4O4. The average Bonchev–Trinajstić information content (AvgIpc) is 3.52. The van der Waals surface area contributed by atoms with Gasteiger partial charge in [-0.3, -0.25) is 4.68 Å². The number of rotatable bonds is 11. The number of benzene rings is 2. The van der Waals surface area contributed by atoms with Crippen molar-refractivity contribution in [3.63, 3.8) is 0 Å². The topological polar surface area (TPSA) is 84.4 Å². The predicted octanol–water partition coefficient (Wildman–Crippen LogP) is 5.27. The molecule has 0 bridgehead atoms. The molecule has 0 atom stereocenters. The Bertz CT molecular complexity index is 1270. The van der Waals surface area contributed by atoms with E-state index in [4.69, 9.17) is 13.9 Å². The molecule has 2 aromatic carbocycles. The Morgan fingerprint density at radius 1 is 1.00 bits per heavy atom. The molecule has 0 saturated carbocycles. The molecule has 0 unspecified atom stereocenters. The Kier molecular flexibility index (Phi) is 7.95. The Balaban J connectivity index is 1.23. The van der Waals surface area contributed by atoms with Crippen molar-refractivity contribution in [2.24, 2.45) is 0 Å². The second kappa shape index (κ2) is 11.5. The standard InChI is InChI=1S/C24H20F4N4O4/c25-22-13-21(7-4-18(22)14-33-12-11-32-10-9-29-31-32)34-15-19-16-35-23(30-19)8-3-17-1-5-20(6-2-17)36-24(26,27)28/h1-10,13,16H,11-12,14-15H2. The fourth-order valence-electron chi connectivity index (χ4n) is 3.00. The summed E-state index contributed by atoms with van der Waals surface area (Å²) < 4.78 is 72.9. The van der Waals surface area contributed by atoms with E-state index in [1.54, 1.807) is 41.4 Å². The van der Waals surface area contributed by atoms with Crippen molar-refractivity contribution >= 4 is 12.2 Å². The molecule has 4 rings (SSSR count). The van der Waals surface area contributed by atoms with E-state index in [1.165, 1.54) is 36.6 Å². The predicted molar refractivity (Wildman–Crippen MR) is 119 cm³/mol. The minimum atomic E-state index is -4.74. The largest absolute Gasteiger partial charge is 0.573 e. The van der Waals surface area contributed by atoms with Gasteiger partial charge in [-0.2, -0.15) is 0 Å². The molecule has 0 N–H and O–H groups in total. The second-order valence-electron chi connectivity index (χ2n) is 7.39. The molecule has 0 aliphatic carbocycles. The monoisotopic (exact) mass is 504 g/mol. The van der Waals surface area contributed by atoms with Gasteiger partial charge in [0.05, 0.1) is 26.0 Å². The molecule has 0 aliphatic heterocycles. The van der Waals surface area contributed by atoms with E-state index < -0.39 is 12.2 Å². The Hall–Kier alpha value is -4.19. The molecule has 8 nitrogen and oxygen atoms in total.